The van der Waals surface area contributed by atoms with E-state index in [9.17, 15) is 4.39 Å². The quantitative estimate of drug-likeness (QED) is 0.838. The van der Waals surface area contributed by atoms with Crippen molar-refractivity contribution >= 4 is 5.82 Å². The Balaban J connectivity index is 2.27. The number of hydrogen-bond acceptors (Lipinski definition) is 2. The number of halogens is 1. The lowest BCUT2D eigenvalue weighted by molar-refractivity contribution is 0.624. The number of rotatable bonds is 2. The minimum absolute atomic E-state index is 0.197. The van der Waals surface area contributed by atoms with Gasteiger partial charge in [-0.3, -0.25) is 0 Å². The van der Waals surface area contributed by atoms with Crippen LogP contribution in [0.2, 0.25) is 0 Å². The van der Waals surface area contributed by atoms with Crippen LogP contribution in [0.4, 0.5) is 10.2 Å². The molecule has 0 unspecified atom stereocenters. The lowest BCUT2D eigenvalue weighted by Crippen LogP contribution is -1.94. The zero-order valence-electron chi connectivity index (χ0n) is 9.07. The van der Waals surface area contributed by atoms with Crippen molar-refractivity contribution in [2.24, 2.45) is 0 Å². The van der Waals surface area contributed by atoms with E-state index in [2.05, 4.69) is 4.98 Å². The molecule has 0 aliphatic rings. The minimum Gasteiger partial charge on any atom is -0.384 e. The standard InChI is InChI=1S/C13H13FN2/c1-9-4-11(7-12(14)5-9)6-10-2-3-16-13(15)8-10/h2-5,7-8H,6H2,1H3,(H2,15,16). The normalized spacial score (nSPS) is 10.4. The summed E-state index contributed by atoms with van der Waals surface area (Å²) in [6.45, 7) is 1.88. The van der Waals surface area contributed by atoms with Gasteiger partial charge in [0.25, 0.3) is 0 Å². The number of aromatic nitrogens is 1. The van der Waals surface area contributed by atoms with Gasteiger partial charge in [0, 0.05) is 6.20 Å². The van der Waals surface area contributed by atoms with Gasteiger partial charge in [-0.15, -0.1) is 0 Å². The first-order chi connectivity index (χ1) is 7.63. The number of nitrogen functional groups attached to an aromatic ring is 1. The van der Waals surface area contributed by atoms with Crippen LogP contribution in [0.15, 0.2) is 36.5 Å². The molecule has 0 spiro atoms. The third kappa shape index (κ3) is 2.57. The second-order valence-electron chi connectivity index (χ2n) is 3.90. The third-order valence-electron chi connectivity index (χ3n) is 2.36. The fourth-order valence-corrected chi connectivity index (χ4v) is 1.75. The number of pyridine rings is 1. The molecule has 0 saturated carbocycles. The molecule has 0 fully saturated rings. The number of aryl methyl sites for hydroxylation is 1. The molecular formula is C13H13FN2. The van der Waals surface area contributed by atoms with Crippen LogP contribution in [-0.2, 0) is 6.42 Å². The highest BCUT2D eigenvalue weighted by Crippen LogP contribution is 2.14. The van der Waals surface area contributed by atoms with E-state index >= 15 is 0 Å². The first-order valence-electron chi connectivity index (χ1n) is 5.10. The van der Waals surface area contributed by atoms with Gasteiger partial charge in [-0.1, -0.05) is 6.07 Å². The molecule has 2 rings (SSSR count). The third-order valence-corrected chi connectivity index (χ3v) is 2.36. The Bertz CT molecular complexity index is 489. The Labute approximate surface area is 93.9 Å². The summed E-state index contributed by atoms with van der Waals surface area (Å²) >= 11 is 0. The summed E-state index contributed by atoms with van der Waals surface area (Å²) in [5, 5.41) is 0. The molecule has 2 nitrogen and oxygen atoms in total. The summed E-state index contributed by atoms with van der Waals surface area (Å²) in [5.41, 5.74) is 8.50. The van der Waals surface area contributed by atoms with Gasteiger partial charge < -0.3 is 5.73 Å². The van der Waals surface area contributed by atoms with E-state index in [1.54, 1.807) is 18.3 Å². The van der Waals surface area contributed by atoms with Gasteiger partial charge in [0.2, 0.25) is 0 Å². The largest absolute Gasteiger partial charge is 0.384 e. The fourth-order valence-electron chi connectivity index (χ4n) is 1.75. The summed E-state index contributed by atoms with van der Waals surface area (Å²) in [5.74, 6) is 0.294. The maximum absolute atomic E-state index is 13.2. The summed E-state index contributed by atoms with van der Waals surface area (Å²) in [7, 11) is 0. The van der Waals surface area contributed by atoms with E-state index < -0.39 is 0 Å². The molecule has 0 amide bonds. The number of nitrogens with zero attached hydrogens (tertiary/aromatic N) is 1. The fraction of sp³-hybridized carbons (Fsp3) is 0.154. The van der Waals surface area contributed by atoms with Crippen molar-refractivity contribution in [1.82, 2.24) is 4.98 Å². The van der Waals surface area contributed by atoms with Crippen LogP contribution in [0.3, 0.4) is 0 Å². The molecule has 2 aromatic rings. The molecule has 2 N–H and O–H groups in total. The molecule has 0 aliphatic carbocycles. The molecule has 3 heteroatoms. The molecule has 82 valence electrons. The van der Waals surface area contributed by atoms with Crippen LogP contribution in [0.5, 0.6) is 0 Å². The van der Waals surface area contributed by atoms with Gasteiger partial charge in [0.15, 0.2) is 0 Å². The van der Waals surface area contributed by atoms with Crippen LogP contribution in [0.25, 0.3) is 0 Å². The number of anilines is 1. The average Bonchev–Trinajstić information content (AvgIpc) is 2.15. The van der Waals surface area contributed by atoms with Crippen molar-refractivity contribution in [1.29, 1.82) is 0 Å². The highest BCUT2D eigenvalue weighted by Gasteiger charge is 2.00. The van der Waals surface area contributed by atoms with Gasteiger partial charge in [0.05, 0.1) is 0 Å². The lowest BCUT2D eigenvalue weighted by Gasteiger charge is -2.04. The van der Waals surface area contributed by atoms with E-state index in [0.29, 0.717) is 12.2 Å². The monoisotopic (exact) mass is 216 g/mol. The Morgan fingerprint density at radius 3 is 2.69 bits per heavy atom. The van der Waals surface area contributed by atoms with Gasteiger partial charge in [-0.2, -0.15) is 0 Å². The van der Waals surface area contributed by atoms with Crippen LogP contribution >= 0.6 is 0 Å². The maximum Gasteiger partial charge on any atom is 0.123 e. The molecular weight excluding hydrogens is 203 g/mol. The SMILES string of the molecule is Cc1cc(F)cc(Cc2ccnc(N)c2)c1. The molecule has 1 aromatic heterocycles. The van der Waals surface area contributed by atoms with Crippen molar-refractivity contribution in [2.75, 3.05) is 5.73 Å². The van der Waals surface area contributed by atoms with E-state index in [1.165, 1.54) is 6.07 Å². The Morgan fingerprint density at radius 1 is 1.19 bits per heavy atom. The molecule has 0 aliphatic heterocycles. The summed E-state index contributed by atoms with van der Waals surface area (Å²) in [6.07, 6.45) is 2.34. The van der Waals surface area contributed by atoms with Gasteiger partial charge in [-0.25, -0.2) is 9.37 Å². The Hall–Kier alpha value is -1.90. The predicted molar refractivity (Wildman–Crippen MR) is 62.6 cm³/mol. The van der Waals surface area contributed by atoms with Crippen molar-refractivity contribution in [3.05, 3.63) is 59.0 Å². The molecule has 0 radical (unpaired) electrons. The van der Waals surface area contributed by atoms with E-state index in [0.717, 1.165) is 16.7 Å². The summed E-state index contributed by atoms with van der Waals surface area (Å²) in [6, 6.07) is 8.73. The first-order valence-corrected chi connectivity index (χ1v) is 5.10. The van der Waals surface area contributed by atoms with E-state index in [1.807, 2.05) is 19.1 Å². The van der Waals surface area contributed by atoms with E-state index in [-0.39, 0.29) is 5.82 Å². The van der Waals surface area contributed by atoms with Crippen molar-refractivity contribution in [3.63, 3.8) is 0 Å². The lowest BCUT2D eigenvalue weighted by atomic mass is 10.0. The van der Waals surface area contributed by atoms with Crippen molar-refractivity contribution < 1.29 is 4.39 Å². The molecule has 16 heavy (non-hydrogen) atoms. The first kappa shape index (κ1) is 10.6. The smallest absolute Gasteiger partial charge is 0.123 e. The summed E-state index contributed by atoms with van der Waals surface area (Å²) in [4.78, 5) is 3.92. The zero-order chi connectivity index (χ0) is 11.5. The topological polar surface area (TPSA) is 38.9 Å². The highest BCUT2D eigenvalue weighted by atomic mass is 19.1. The minimum atomic E-state index is -0.197. The van der Waals surface area contributed by atoms with Gasteiger partial charge >= 0.3 is 0 Å². The van der Waals surface area contributed by atoms with Crippen LogP contribution in [-0.4, -0.2) is 4.98 Å². The van der Waals surface area contributed by atoms with Gasteiger partial charge in [-0.05, 0) is 54.3 Å². The second kappa shape index (κ2) is 4.31. The van der Waals surface area contributed by atoms with Crippen molar-refractivity contribution in [3.8, 4) is 0 Å². The Morgan fingerprint density at radius 2 is 2.00 bits per heavy atom. The van der Waals surface area contributed by atoms with E-state index in [4.69, 9.17) is 5.73 Å². The number of nitrogens with two attached hydrogens (primary N) is 1. The number of hydrogen-bond donors (Lipinski definition) is 1. The van der Waals surface area contributed by atoms with Crippen LogP contribution in [0.1, 0.15) is 16.7 Å². The predicted octanol–water partition coefficient (Wildman–Crippen LogP) is 2.70. The second-order valence-corrected chi connectivity index (χ2v) is 3.90. The number of benzene rings is 1. The highest BCUT2D eigenvalue weighted by molar-refractivity contribution is 5.35. The summed E-state index contributed by atoms with van der Waals surface area (Å²) < 4.78 is 13.2. The molecule has 0 atom stereocenters. The van der Waals surface area contributed by atoms with Crippen LogP contribution < -0.4 is 5.73 Å². The maximum atomic E-state index is 13.2. The van der Waals surface area contributed by atoms with Crippen LogP contribution in [0, 0.1) is 12.7 Å². The molecule has 0 bridgehead atoms. The molecule has 1 aromatic carbocycles. The molecule has 1 heterocycles. The Kier molecular flexibility index (Phi) is 2.86. The van der Waals surface area contributed by atoms with Gasteiger partial charge in [0.1, 0.15) is 11.6 Å². The average molecular weight is 216 g/mol. The molecule has 0 saturated heterocycles. The zero-order valence-corrected chi connectivity index (χ0v) is 9.07. The van der Waals surface area contributed by atoms with Crippen molar-refractivity contribution in [2.45, 2.75) is 13.3 Å².